The van der Waals surface area contributed by atoms with E-state index >= 15 is 0 Å². The molecule has 0 aliphatic heterocycles. The van der Waals surface area contributed by atoms with Gasteiger partial charge in [-0.15, -0.1) is 0 Å². The summed E-state index contributed by atoms with van der Waals surface area (Å²) in [5.41, 5.74) is 0.224. The highest BCUT2D eigenvalue weighted by molar-refractivity contribution is 5.84. The van der Waals surface area contributed by atoms with Crippen LogP contribution in [0.3, 0.4) is 0 Å². The van der Waals surface area contributed by atoms with Crippen LogP contribution in [0.25, 0.3) is 0 Å². The Morgan fingerprint density at radius 1 is 1.23 bits per heavy atom. The van der Waals surface area contributed by atoms with E-state index < -0.39 is 23.7 Å². The number of rotatable bonds is 6. The van der Waals surface area contributed by atoms with Crippen LogP contribution in [-0.2, 0) is 15.9 Å². The number of amides is 1. The fourth-order valence-corrected chi connectivity index (χ4v) is 2.18. The molecule has 1 heterocycles. The Hall–Kier alpha value is -2.90. The molecule has 0 fully saturated rings. The number of esters is 1. The highest BCUT2D eigenvalue weighted by Gasteiger charge is 2.24. The summed E-state index contributed by atoms with van der Waals surface area (Å²) in [5, 5.41) is 6.41. The number of benzene rings is 1. The van der Waals surface area contributed by atoms with Crippen LogP contribution in [0.4, 0.5) is 4.79 Å². The molecule has 0 saturated heterocycles. The van der Waals surface area contributed by atoms with Crippen LogP contribution in [-0.4, -0.2) is 34.4 Å². The molecule has 26 heavy (non-hydrogen) atoms. The van der Waals surface area contributed by atoms with E-state index in [-0.39, 0.29) is 24.7 Å². The number of hydrogen-bond donors (Lipinski definition) is 1. The van der Waals surface area contributed by atoms with Gasteiger partial charge in [0.05, 0.1) is 19.1 Å². The average molecular weight is 361 g/mol. The minimum Gasteiger partial charge on any atom is -0.460 e. The molecule has 1 unspecified atom stereocenters. The van der Waals surface area contributed by atoms with Gasteiger partial charge in [-0.25, -0.2) is 9.59 Å². The van der Waals surface area contributed by atoms with Crippen molar-refractivity contribution in [2.75, 3.05) is 6.61 Å². The van der Waals surface area contributed by atoms with E-state index in [0.29, 0.717) is 0 Å². The van der Waals surface area contributed by atoms with Crippen molar-refractivity contribution in [2.24, 2.45) is 0 Å². The SMILES string of the molecule is CCOC(=O)c1noc(CC(NC(=O)OC(C)(C)C)c2ccccc2)n1. The molecule has 1 atom stereocenters. The van der Waals surface area contributed by atoms with Gasteiger partial charge >= 0.3 is 12.1 Å². The Kier molecular flexibility index (Phi) is 6.32. The van der Waals surface area contributed by atoms with Gasteiger partial charge in [0.15, 0.2) is 0 Å². The molecule has 1 aromatic carbocycles. The normalized spacial score (nSPS) is 12.3. The Balaban J connectivity index is 2.14. The quantitative estimate of drug-likeness (QED) is 0.789. The molecule has 1 amide bonds. The van der Waals surface area contributed by atoms with E-state index in [1.807, 2.05) is 30.3 Å². The van der Waals surface area contributed by atoms with E-state index in [2.05, 4.69) is 15.5 Å². The van der Waals surface area contributed by atoms with Gasteiger partial charge < -0.3 is 19.3 Å². The number of carbonyl (C=O) groups excluding carboxylic acids is 2. The largest absolute Gasteiger partial charge is 0.460 e. The summed E-state index contributed by atoms with van der Waals surface area (Å²) in [6.07, 6.45) is -0.355. The lowest BCUT2D eigenvalue weighted by atomic mass is 10.0. The number of alkyl carbamates (subject to hydrolysis) is 1. The Morgan fingerprint density at radius 3 is 2.54 bits per heavy atom. The van der Waals surface area contributed by atoms with Crippen LogP contribution in [0.15, 0.2) is 34.9 Å². The number of nitrogens with one attached hydrogen (secondary N) is 1. The number of carbonyl (C=O) groups is 2. The van der Waals surface area contributed by atoms with Gasteiger partial charge in [0.2, 0.25) is 5.89 Å². The maximum atomic E-state index is 12.2. The molecule has 0 saturated carbocycles. The van der Waals surface area contributed by atoms with E-state index in [1.54, 1.807) is 27.7 Å². The third-order valence-electron chi connectivity index (χ3n) is 3.20. The second kappa shape index (κ2) is 8.46. The van der Waals surface area contributed by atoms with Crippen molar-refractivity contribution in [3.63, 3.8) is 0 Å². The average Bonchev–Trinajstić information content (AvgIpc) is 3.02. The maximum absolute atomic E-state index is 12.2. The molecular weight excluding hydrogens is 338 g/mol. The first-order chi connectivity index (χ1) is 12.3. The standard InChI is InChI=1S/C18H23N3O5/c1-5-24-16(22)15-20-14(26-21-15)11-13(12-9-7-6-8-10-12)19-17(23)25-18(2,3)4/h6-10,13H,5,11H2,1-4H3,(H,19,23). The lowest BCUT2D eigenvalue weighted by Gasteiger charge is -2.23. The van der Waals surface area contributed by atoms with Gasteiger partial charge in [-0.3, -0.25) is 0 Å². The van der Waals surface area contributed by atoms with Crippen molar-refractivity contribution in [2.45, 2.75) is 45.8 Å². The fraction of sp³-hybridized carbons (Fsp3) is 0.444. The van der Waals surface area contributed by atoms with Crippen LogP contribution in [0.1, 0.15) is 55.8 Å². The van der Waals surface area contributed by atoms with Crippen LogP contribution in [0.2, 0.25) is 0 Å². The Labute approximate surface area is 151 Å². The topological polar surface area (TPSA) is 104 Å². The maximum Gasteiger partial charge on any atom is 0.408 e. The van der Waals surface area contributed by atoms with Crippen molar-refractivity contribution in [1.82, 2.24) is 15.5 Å². The van der Waals surface area contributed by atoms with E-state index in [1.165, 1.54) is 0 Å². The van der Waals surface area contributed by atoms with E-state index in [4.69, 9.17) is 14.0 Å². The predicted octanol–water partition coefficient (Wildman–Crippen LogP) is 3.05. The van der Waals surface area contributed by atoms with E-state index in [9.17, 15) is 9.59 Å². The number of aromatic nitrogens is 2. The molecule has 1 aromatic heterocycles. The number of hydrogen-bond acceptors (Lipinski definition) is 7. The highest BCUT2D eigenvalue weighted by Crippen LogP contribution is 2.19. The second-order valence-corrected chi connectivity index (χ2v) is 6.55. The first-order valence-corrected chi connectivity index (χ1v) is 8.32. The molecule has 0 aliphatic rings. The summed E-state index contributed by atoms with van der Waals surface area (Å²) >= 11 is 0. The zero-order valence-corrected chi connectivity index (χ0v) is 15.3. The van der Waals surface area contributed by atoms with Crippen molar-refractivity contribution >= 4 is 12.1 Å². The van der Waals surface area contributed by atoms with Crippen molar-refractivity contribution in [1.29, 1.82) is 0 Å². The molecule has 2 aromatic rings. The minimum absolute atomic E-state index is 0.147. The molecule has 1 N–H and O–H groups in total. The predicted molar refractivity (Wildman–Crippen MR) is 92.5 cm³/mol. The van der Waals surface area contributed by atoms with Gasteiger partial charge in [-0.1, -0.05) is 30.3 Å². The molecule has 0 bridgehead atoms. The number of ether oxygens (including phenoxy) is 2. The molecule has 0 spiro atoms. The Bertz CT molecular complexity index is 737. The smallest absolute Gasteiger partial charge is 0.408 e. The number of nitrogens with zero attached hydrogens (tertiary/aromatic N) is 2. The summed E-state index contributed by atoms with van der Waals surface area (Å²) < 4.78 is 15.3. The first-order valence-electron chi connectivity index (χ1n) is 8.32. The zero-order valence-electron chi connectivity index (χ0n) is 15.3. The minimum atomic E-state index is -0.654. The summed E-state index contributed by atoms with van der Waals surface area (Å²) in [6.45, 7) is 7.26. The highest BCUT2D eigenvalue weighted by atomic mass is 16.6. The third kappa shape index (κ3) is 5.87. The van der Waals surface area contributed by atoms with Crippen molar-refractivity contribution in [3.05, 3.63) is 47.6 Å². The molecule has 8 heteroatoms. The van der Waals surface area contributed by atoms with Crippen molar-refractivity contribution in [3.8, 4) is 0 Å². The monoisotopic (exact) mass is 361 g/mol. The van der Waals surface area contributed by atoms with Crippen LogP contribution >= 0.6 is 0 Å². The van der Waals surface area contributed by atoms with Gasteiger partial charge in [-0.2, -0.15) is 4.98 Å². The fourth-order valence-electron chi connectivity index (χ4n) is 2.18. The van der Waals surface area contributed by atoms with Crippen LogP contribution < -0.4 is 5.32 Å². The van der Waals surface area contributed by atoms with Gasteiger partial charge in [0.25, 0.3) is 5.82 Å². The molecule has 2 rings (SSSR count). The first kappa shape index (κ1) is 19.4. The molecular formula is C18H23N3O5. The summed E-state index contributed by atoms with van der Waals surface area (Å²) in [5.74, 6) is -0.595. The van der Waals surface area contributed by atoms with E-state index in [0.717, 1.165) is 5.56 Å². The third-order valence-corrected chi connectivity index (χ3v) is 3.20. The van der Waals surface area contributed by atoms with Crippen LogP contribution in [0.5, 0.6) is 0 Å². The molecule has 140 valence electrons. The van der Waals surface area contributed by atoms with Crippen molar-refractivity contribution < 1.29 is 23.6 Å². The van der Waals surface area contributed by atoms with Crippen LogP contribution in [0, 0.1) is 0 Å². The Morgan fingerprint density at radius 2 is 1.92 bits per heavy atom. The summed E-state index contributed by atoms with van der Waals surface area (Å²) in [7, 11) is 0. The lowest BCUT2D eigenvalue weighted by Crippen LogP contribution is -2.35. The van der Waals surface area contributed by atoms with Gasteiger partial charge in [0, 0.05) is 0 Å². The summed E-state index contributed by atoms with van der Waals surface area (Å²) in [4.78, 5) is 27.8. The lowest BCUT2D eigenvalue weighted by molar-refractivity contribution is 0.0494. The second-order valence-electron chi connectivity index (χ2n) is 6.55. The van der Waals surface area contributed by atoms with Gasteiger partial charge in [0.1, 0.15) is 5.60 Å². The summed E-state index contributed by atoms with van der Waals surface area (Å²) in [6, 6.07) is 8.87. The molecule has 0 radical (unpaired) electrons. The zero-order chi connectivity index (χ0) is 19.2. The molecule has 0 aliphatic carbocycles. The van der Waals surface area contributed by atoms with Gasteiger partial charge in [-0.05, 0) is 38.4 Å². The molecule has 8 nitrogen and oxygen atoms in total.